The molecule has 0 saturated carbocycles. The predicted octanol–water partition coefficient (Wildman–Crippen LogP) is 1.14. The number of amidine groups is 1. The van der Waals surface area contributed by atoms with Crippen molar-refractivity contribution in [1.29, 1.82) is 0 Å². The SMILES string of the molecule is O=C(NC[C@@H]1CCCO1)[C@@H]1CCCN(C2=NS(=O)(=O)c3ccccc32)C1. The van der Waals surface area contributed by atoms with Crippen molar-refractivity contribution in [3.63, 3.8) is 0 Å². The highest BCUT2D eigenvalue weighted by atomic mass is 32.2. The topological polar surface area (TPSA) is 88.1 Å². The molecule has 7 nitrogen and oxygen atoms in total. The summed E-state index contributed by atoms with van der Waals surface area (Å²) in [4.78, 5) is 14.7. The lowest BCUT2D eigenvalue weighted by molar-refractivity contribution is -0.126. The van der Waals surface area contributed by atoms with Crippen LogP contribution in [0.4, 0.5) is 0 Å². The average Bonchev–Trinajstić information content (AvgIpc) is 3.26. The van der Waals surface area contributed by atoms with Crippen molar-refractivity contribution in [3.05, 3.63) is 29.8 Å². The molecule has 3 aliphatic rings. The lowest BCUT2D eigenvalue weighted by Gasteiger charge is -2.33. The van der Waals surface area contributed by atoms with Crippen molar-refractivity contribution in [2.75, 3.05) is 26.2 Å². The molecule has 0 unspecified atom stereocenters. The highest BCUT2D eigenvalue weighted by Gasteiger charge is 2.35. The summed E-state index contributed by atoms with van der Waals surface area (Å²) in [5, 5.41) is 2.99. The molecule has 1 aromatic rings. The first-order valence-corrected chi connectivity index (χ1v) is 10.6. The first kappa shape index (κ1) is 17.5. The highest BCUT2D eigenvalue weighted by molar-refractivity contribution is 7.90. The molecular weight excluding hydrogens is 354 g/mol. The molecule has 2 saturated heterocycles. The first-order chi connectivity index (χ1) is 12.5. The first-order valence-electron chi connectivity index (χ1n) is 9.13. The molecule has 0 aliphatic carbocycles. The summed E-state index contributed by atoms with van der Waals surface area (Å²) in [6, 6.07) is 6.87. The maximum Gasteiger partial charge on any atom is 0.285 e. The number of likely N-dealkylation sites (tertiary alicyclic amines) is 1. The van der Waals surface area contributed by atoms with Crippen LogP contribution in [-0.2, 0) is 19.6 Å². The Kier molecular flexibility index (Phi) is 4.71. The number of fused-ring (bicyclic) bond motifs is 1. The summed E-state index contributed by atoms with van der Waals surface area (Å²) in [7, 11) is -3.63. The van der Waals surface area contributed by atoms with Gasteiger partial charge in [0.25, 0.3) is 10.0 Å². The number of hydrogen-bond donors (Lipinski definition) is 1. The van der Waals surface area contributed by atoms with Gasteiger partial charge in [-0.2, -0.15) is 8.42 Å². The van der Waals surface area contributed by atoms with Gasteiger partial charge in [-0.25, -0.2) is 0 Å². The van der Waals surface area contributed by atoms with Crippen LogP contribution in [0.3, 0.4) is 0 Å². The smallest absolute Gasteiger partial charge is 0.285 e. The standard InChI is InChI=1S/C18H23N3O4S/c22-18(19-11-14-6-4-10-25-14)13-5-3-9-21(12-13)17-15-7-1-2-8-16(15)26(23,24)20-17/h1-2,7-8,13-14H,3-6,9-12H2,(H,19,22)/t13-,14+/m1/s1. The van der Waals surface area contributed by atoms with E-state index in [-0.39, 0.29) is 22.8 Å². The quantitative estimate of drug-likeness (QED) is 0.854. The second kappa shape index (κ2) is 7.00. The average molecular weight is 377 g/mol. The summed E-state index contributed by atoms with van der Waals surface area (Å²) in [6.07, 6.45) is 3.79. The van der Waals surface area contributed by atoms with E-state index in [2.05, 4.69) is 9.71 Å². The maximum absolute atomic E-state index is 12.5. The van der Waals surface area contributed by atoms with Crippen LogP contribution in [0.5, 0.6) is 0 Å². The summed E-state index contributed by atoms with van der Waals surface area (Å²) >= 11 is 0. The van der Waals surface area contributed by atoms with Gasteiger partial charge in [0.2, 0.25) is 5.91 Å². The van der Waals surface area contributed by atoms with Gasteiger partial charge < -0.3 is 15.0 Å². The Bertz CT molecular complexity index is 831. The molecule has 2 atom stereocenters. The van der Waals surface area contributed by atoms with Crippen LogP contribution in [0.2, 0.25) is 0 Å². The number of amides is 1. The minimum absolute atomic E-state index is 0.0138. The number of sulfonamides is 1. The Balaban J connectivity index is 1.45. The van der Waals surface area contributed by atoms with E-state index < -0.39 is 10.0 Å². The Morgan fingerprint density at radius 1 is 1.27 bits per heavy atom. The van der Waals surface area contributed by atoms with Crippen molar-refractivity contribution in [3.8, 4) is 0 Å². The zero-order chi connectivity index (χ0) is 18.1. The Labute approximate surface area is 153 Å². The van der Waals surface area contributed by atoms with E-state index in [9.17, 15) is 13.2 Å². The molecule has 1 aromatic carbocycles. The molecule has 0 bridgehead atoms. The predicted molar refractivity (Wildman–Crippen MR) is 96.4 cm³/mol. The van der Waals surface area contributed by atoms with Gasteiger partial charge in [-0.3, -0.25) is 4.79 Å². The third kappa shape index (κ3) is 3.35. The Morgan fingerprint density at radius 3 is 2.92 bits per heavy atom. The Morgan fingerprint density at radius 2 is 2.12 bits per heavy atom. The minimum Gasteiger partial charge on any atom is -0.376 e. The van der Waals surface area contributed by atoms with Crippen LogP contribution in [-0.4, -0.2) is 57.4 Å². The number of carbonyl (C=O) groups is 1. The van der Waals surface area contributed by atoms with Gasteiger partial charge in [0.05, 0.1) is 12.0 Å². The molecule has 140 valence electrons. The normalized spacial score (nSPS) is 27.1. The van der Waals surface area contributed by atoms with Crippen molar-refractivity contribution in [1.82, 2.24) is 10.2 Å². The van der Waals surface area contributed by atoms with Crippen molar-refractivity contribution in [2.24, 2.45) is 10.3 Å². The molecule has 8 heteroatoms. The van der Waals surface area contributed by atoms with Gasteiger partial charge in [0, 0.05) is 31.8 Å². The van der Waals surface area contributed by atoms with Crippen LogP contribution in [0.25, 0.3) is 0 Å². The molecular formula is C18H23N3O4S. The third-order valence-electron chi connectivity index (χ3n) is 5.23. The number of nitrogens with one attached hydrogen (secondary N) is 1. The largest absolute Gasteiger partial charge is 0.376 e. The van der Waals surface area contributed by atoms with Gasteiger partial charge in [0.1, 0.15) is 4.90 Å². The number of nitrogens with zero attached hydrogens (tertiary/aromatic N) is 2. The van der Waals surface area contributed by atoms with E-state index >= 15 is 0 Å². The number of ether oxygens (including phenoxy) is 1. The lowest BCUT2D eigenvalue weighted by atomic mass is 9.96. The van der Waals surface area contributed by atoms with E-state index in [4.69, 9.17) is 4.74 Å². The van der Waals surface area contributed by atoms with Gasteiger partial charge >= 0.3 is 0 Å². The Hall–Kier alpha value is -1.93. The lowest BCUT2D eigenvalue weighted by Crippen LogP contribution is -2.46. The number of piperidine rings is 1. The van der Waals surface area contributed by atoms with Crippen LogP contribution in [0, 0.1) is 5.92 Å². The van der Waals surface area contributed by atoms with Crippen LogP contribution >= 0.6 is 0 Å². The van der Waals surface area contributed by atoms with Crippen LogP contribution in [0.15, 0.2) is 33.6 Å². The van der Waals surface area contributed by atoms with E-state index in [1.54, 1.807) is 18.2 Å². The summed E-state index contributed by atoms with van der Waals surface area (Å²) in [6.45, 7) is 2.51. The molecule has 0 spiro atoms. The molecule has 2 fully saturated rings. The fourth-order valence-corrected chi connectivity index (χ4v) is 5.09. The van der Waals surface area contributed by atoms with E-state index in [0.29, 0.717) is 31.0 Å². The fourth-order valence-electron chi connectivity index (χ4n) is 3.86. The van der Waals surface area contributed by atoms with Gasteiger partial charge in [0.15, 0.2) is 5.84 Å². The minimum atomic E-state index is -3.63. The van der Waals surface area contributed by atoms with Gasteiger partial charge in [-0.1, -0.05) is 12.1 Å². The molecule has 1 N–H and O–H groups in total. The number of rotatable bonds is 3. The van der Waals surface area contributed by atoms with E-state index in [1.807, 2.05) is 11.0 Å². The summed E-state index contributed by atoms with van der Waals surface area (Å²) < 4.78 is 34.0. The summed E-state index contributed by atoms with van der Waals surface area (Å²) in [5.41, 5.74) is 0.632. The van der Waals surface area contributed by atoms with Crippen molar-refractivity contribution in [2.45, 2.75) is 36.7 Å². The number of benzene rings is 1. The molecule has 26 heavy (non-hydrogen) atoms. The second-order valence-electron chi connectivity index (χ2n) is 7.05. The number of carbonyl (C=O) groups excluding carboxylic acids is 1. The van der Waals surface area contributed by atoms with E-state index in [1.165, 1.54) is 0 Å². The van der Waals surface area contributed by atoms with Gasteiger partial charge in [-0.15, -0.1) is 4.40 Å². The summed E-state index contributed by atoms with van der Waals surface area (Å²) in [5.74, 6) is 0.320. The van der Waals surface area contributed by atoms with Crippen molar-refractivity contribution >= 4 is 21.8 Å². The monoisotopic (exact) mass is 377 g/mol. The third-order valence-corrected chi connectivity index (χ3v) is 6.56. The molecule has 3 heterocycles. The molecule has 3 aliphatic heterocycles. The fraction of sp³-hybridized carbons (Fsp3) is 0.556. The zero-order valence-electron chi connectivity index (χ0n) is 14.6. The van der Waals surface area contributed by atoms with Crippen LogP contribution in [0.1, 0.15) is 31.2 Å². The van der Waals surface area contributed by atoms with E-state index in [0.717, 1.165) is 32.3 Å². The second-order valence-corrected chi connectivity index (χ2v) is 8.62. The molecule has 0 aromatic heterocycles. The maximum atomic E-state index is 12.5. The number of hydrogen-bond acceptors (Lipinski definition) is 5. The highest BCUT2D eigenvalue weighted by Crippen LogP contribution is 2.29. The van der Waals surface area contributed by atoms with Crippen molar-refractivity contribution < 1.29 is 17.9 Å². The molecule has 1 amide bonds. The molecule has 4 rings (SSSR count). The molecule has 0 radical (unpaired) electrons. The zero-order valence-corrected chi connectivity index (χ0v) is 15.4. The van der Waals surface area contributed by atoms with Crippen LogP contribution < -0.4 is 5.32 Å². The van der Waals surface area contributed by atoms with Gasteiger partial charge in [-0.05, 0) is 37.8 Å².